The lowest BCUT2D eigenvalue weighted by Gasteiger charge is -2.11. The van der Waals surface area contributed by atoms with Crippen LogP contribution in [0.1, 0.15) is 25.3 Å². The van der Waals surface area contributed by atoms with E-state index < -0.39 is 0 Å². The Bertz CT molecular complexity index is 495. The summed E-state index contributed by atoms with van der Waals surface area (Å²) in [7, 11) is 0. The van der Waals surface area contributed by atoms with Gasteiger partial charge in [0.25, 0.3) is 5.56 Å². The zero-order chi connectivity index (χ0) is 12.1. The number of aromatic amines is 1. The molecule has 0 atom stereocenters. The number of nitrogens with two attached hydrogens (primary N) is 1. The normalized spacial score (nSPS) is 11.2. The van der Waals surface area contributed by atoms with Gasteiger partial charge in [-0.05, 0) is 5.92 Å². The summed E-state index contributed by atoms with van der Waals surface area (Å²) in [5, 5.41) is 8.68. The third-order valence-electron chi connectivity index (χ3n) is 2.02. The second-order valence-corrected chi connectivity index (χ2v) is 3.52. The molecule has 1 aromatic rings. The number of allylic oxidation sites excluding steroid dienone is 1. The average molecular weight is 219 g/mol. The maximum atomic E-state index is 11.2. The number of rotatable bonds is 3. The molecule has 0 aromatic carbocycles. The summed E-state index contributed by atoms with van der Waals surface area (Å²) in [5.74, 6) is 0.495. The van der Waals surface area contributed by atoms with Crippen LogP contribution in [0.5, 0.6) is 5.75 Å². The number of H-pyrrole nitrogens is 1. The van der Waals surface area contributed by atoms with Gasteiger partial charge in [0, 0.05) is 24.0 Å². The first-order valence-corrected chi connectivity index (χ1v) is 4.81. The fraction of sp³-hybridized carbons (Fsp3) is 0.273. The van der Waals surface area contributed by atoms with Gasteiger partial charge in [-0.15, -0.1) is 0 Å². The molecule has 0 fully saturated rings. The molecule has 5 heteroatoms. The number of nitrogens with zero attached hydrogens (tertiary/aromatic N) is 1. The van der Waals surface area contributed by atoms with Crippen molar-refractivity contribution in [1.82, 2.24) is 4.98 Å². The smallest absolute Gasteiger partial charge is 0.251 e. The number of nitriles is 1. The number of pyridine rings is 1. The lowest BCUT2D eigenvalue weighted by atomic mass is 10.1. The first-order valence-electron chi connectivity index (χ1n) is 4.81. The van der Waals surface area contributed by atoms with Gasteiger partial charge in [-0.25, -0.2) is 0 Å². The van der Waals surface area contributed by atoms with Crippen LogP contribution in [-0.2, 0) is 0 Å². The van der Waals surface area contributed by atoms with Crippen molar-refractivity contribution < 1.29 is 4.74 Å². The first kappa shape index (κ1) is 11.9. The van der Waals surface area contributed by atoms with Gasteiger partial charge < -0.3 is 15.5 Å². The summed E-state index contributed by atoms with van der Waals surface area (Å²) in [6, 6.07) is 3.09. The van der Waals surface area contributed by atoms with Crippen molar-refractivity contribution in [2.45, 2.75) is 19.8 Å². The molecule has 16 heavy (non-hydrogen) atoms. The van der Waals surface area contributed by atoms with E-state index in [-0.39, 0.29) is 17.2 Å². The highest BCUT2D eigenvalue weighted by Crippen LogP contribution is 2.24. The molecule has 1 rings (SSSR count). The monoisotopic (exact) mass is 219 g/mol. The standard InChI is InChI=1S/C11H13N3O2/c1-7(2)9-6-14-11(15)3-10(9)16-8(4-12)5-13/h3-4,6-7H,12H2,1-2H3,(H,14,15)/b8-4+. The summed E-state index contributed by atoms with van der Waals surface area (Å²) in [6.07, 6.45) is 2.64. The molecule has 3 N–H and O–H groups in total. The van der Waals surface area contributed by atoms with E-state index in [0.29, 0.717) is 5.75 Å². The molecule has 0 saturated heterocycles. The SMILES string of the molecule is CC(C)c1c[nH]c(=O)cc1O/C(C#N)=C/N. The molecule has 0 spiro atoms. The van der Waals surface area contributed by atoms with Gasteiger partial charge in [0.1, 0.15) is 11.8 Å². The van der Waals surface area contributed by atoms with E-state index in [1.807, 2.05) is 13.8 Å². The molecule has 0 amide bonds. The topological polar surface area (TPSA) is 91.9 Å². The predicted octanol–water partition coefficient (Wildman–Crippen LogP) is 1.20. The van der Waals surface area contributed by atoms with E-state index in [0.717, 1.165) is 11.8 Å². The zero-order valence-electron chi connectivity index (χ0n) is 9.15. The summed E-state index contributed by atoms with van der Waals surface area (Å²) >= 11 is 0. The van der Waals surface area contributed by atoms with E-state index in [2.05, 4.69) is 4.98 Å². The molecule has 5 nitrogen and oxygen atoms in total. The summed E-state index contributed by atoms with van der Waals surface area (Å²) in [5.41, 5.74) is 5.73. The molecule has 0 bridgehead atoms. The van der Waals surface area contributed by atoms with Gasteiger partial charge in [0.05, 0.1) is 0 Å². The number of nitrogens with one attached hydrogen (secondary N) is 1. The van der Waals surface area contributed by atoms with Crippen molar-refractivity contribution in [3.63, 3.8) is 0 Å². The fourth-order valence-corrected chi connectivity index (χ4v) is 1.22. The van der Waals surface area contributed by atoms with Crippen molar-refractivity contribution in [2.75, 3.05) is 0 Å². The molecule has 0 aliphatic heterocycles. The second kappa shape index (κ2) is 5.03. The molecular formula is C11H13N3O2. The Labute approximate surface area is 93.2 Å². The van der Waals surface area contributed by atoms with E-state index in [1.54, 1.807) is 12.3 Å². The lowest BCUT2D eigenvalue weighted by Crippen LogP contribution is -2.09. The Kier molecular flexibility index (Phi) is 3.72. The van der Waals surface area contributed by atoms with E-state index in [4.69, 9.17) is 15.7 Å². The van der Waals surface area contributed by atoms with Crippen LogP contribution < -0.4 is 16.0 Å². The lowest BCUT2D eigenvalue weighted by molar-refractivity contribution is 0.437. The van der Waals surface area contributed by atoms with Gasteiger partial charge in [-0.2, -0.15) is 5.26 Å². The molecule has 1 aromatic heterocycles. The Morgan fingerprint density at radius 2 is 2.38 bits per heavy atom. The van der Waals surface area contributed by atoms with Crippen molar-refractivity contribution in [1.29, 1.82) is 5.26 Å². The Hall–Kier alpha value is -2.22. The summed E-state index contributed by atoms with van der Waals surface area (Å²) in [6.45, 7) is 3.91. The van der Waals surface area contributed by atoms with E-state index in [9.17, 15) is 4.79 Å². The van der Waals surface area contributed by atoms with Crippen LogP contribution in [0.15, 0.2) is 29.0 Å². The number of aromatic nitrogens is 1. The maximum Gasteiger partial charge on any atom is 0.251 e. The van der Waals surface area contributed by atoms with Gasteiger partial charge in [0.2, 0.25) is 5.76 Å². The van der Waals surface area contributed by atoms with Gasteiger partial charge in [-0.3, -0.25) is 4.79 Å². The van der Waals surface area contributed by atoms with E-state index >= 15 is 0 Å². The van der Waals surface area contributed by atoms with Gasteiger partial charge >= 0.3 is 0 Å². The average Bonchev–Trinajstić information content (AvgIpc) is 2.25. The van der Waals surface area contributed by atoms with Crippen molar-refractivity contribution >= 4 is 0 Å². The Balaban J connectivity index is 3.16. The quantitative estimate of drug-likeness (QED) is 0.590. The van der Waals surface area contributed by atoms with Crippen LogP contribution in [0.2, 0.25) is 0 Å². The third-order valence-corrected chi connectivity index (χ3v) is 2.02. The van der Waals surface area contributed by atoms with Crippen LogP contribution in [0, 0.1) is 11.3 Å². The number of hydrogen-bond donors (Lipinski definition) is 2. The summed E-state index contributed by atoms with van der Waals surface area (Å²) < 4.78 is 5.24. The van der Waals surface area contributed by atoms with Crippen LogP contribution in [0.3, 0.4) is 0 Å². The van der Waals surface area contributed by atoms with Gasteiger partial charge in [-0.1, -0.05) is 13.8 Å². The summed E-state index contributed by atoms with van der Waals surface area (Å²) in [4.78, 5) is 13.7. The van der Waals surface area contributed by atoms with Crippen LogP contribution in [0.25, 0.3) is 0 Å². The molecular weight excluding hydrogens is 206 g/mol. The number of hydrogen-bond acceptors (Lipinski definition) is 4. The first-order chi connectivity index (χ1) is 7.58. The number of ether oxygens (including phenoxy) is 1. The largest absolute Gasteiger partial charge is 0.444 e. The highest BCUT2D eigenvalue weighted by molar-refractivity contribution is 5.35. The Morgan fingerprint density at radius 3 is 2.88 bits per heavy atom. The van der Waals surface area contributed by atoms with Gasteiger partial charge in [0.15, 0.2) is 0 Å². The molecule has 0 radical (unpaired) electrons. The van der Waals surface area contributed by atoms with E-state index in [1.165, 1.54) is 6.07 Å². The molecule has 84 valence electrons. The minimum absolute atomic E-state index is 0.0347. The molecule has 0 aliphatic rings. The highest BCUT2D eigenvalue weighted by Gasteiger charge is 2.10. The second-order valence-electron chi connectivity index (χ2n) is 3.52. The third kappa shape index (κ3) is 2.64. The highest BCUT2D eigenvalue weighted by atomic mass is 16.5. The van der Waals surface area contributed by atoms with Crippen molar-refractivity contribution in [3.8, 4) is 11.8 Å². The molecule has 0 aliphatic carbocycles. The van der Waals surface area contributed by atoms with Crippen LogP contribution in [0.4, 0.5) is 0 Å². The fourth-order valence-electron chi connectivity index (χ4n) is 1.22. The maximum absolute atomic E-state index is 11.2. The molecule has 1 heterocycles. The minimum atomic E-state index is -0.284. The molecule has 0 unspecified atom stereocenters. The van der Waals surface area contributed by atoms with Crippen LogP contribution >= 0.6 is 0 Å². The van der Waals surface area contributed by atoms with Crippen molar-refractivity contribution in [2.24, 2.45) is 5.73 Å². The zero-order valence-corrected chi connectivity index (χ0v) is 9.15. The van der Waals surface area contributed by atoms with Crippen LogP contribution in [-0.4, -0.2) is 4.98 Å². The predicted molar refractivity (Wildman–Crippen MR) is 59.7 cm³/mol. The van der Waals surface area contributed by atoms with Crippen molar-refractivity contribution in [3.05, 3.63) is 40.1 Å². The molecule has 0 saturated carbocycles. The Morgan fingerprint density at radius 1 is 1.69 bits per heavy atom. The minimum Gasteiger partial charge on any atom is -0.444 e.